The average molecular weight is 299 g/mol. The third-order valence-electron chi connectivity index (χ3n) is 3.28. The number of hydrogen-bond acceptors (Lipinski definition) is 4. The second-order valence-electron chi connectivity index (χ2n) is 4.94. The number of carbonyl (C=O) groups excluding carboxylic acids is 1. The van der Waals surface area contributed by atoms with E-state index in [1.54, 1.807) is 4.90 Å². The molecule has 0 saturated carbocycles. The first-order chi connectivity index (χ1) is 9.43. The number of nitrogens with zero attached hydrogens (tertiary/aromatic N) is 3. The number of rotatable bonds is 5. The van der Waals surface area contributed by atoms with Gasteiger partial charge in [0.1, 0.15) is 6.04 Å². The first-order valence-corrected chi connectivity index (χ1v) is 7.79. The predicted octanol–water partition coefficient (Wildman–Crippen LogP) is 1.97. The van der Waals surface area contributed by atoms with Crippen molar-refractivity contribution < 1.29 is 14.7 Å². The van der Waals surface area contributed by atoms with Gasteiger partial charge >= 0.3 is 12.0 Å². The highest BCUT2D eigenvalue weighted by molar-refractivity contribution is 8.00. The Morgan fingerprint density at radius 3 is 2.65 bits per heavy atom. The molecule has 6 nitrogen and oxygen atoms in total. The van der Waals surface area contributed by atoms with Crippen molar-refractivity contribution in [2.24, 2.45) is 0 Å². The molecule has 0 aromatic heterocycles. The van der Waals surface area contributed by atoms with Crippen LogP contribution in [0.3, 0.4) is 0 Å². The molecule has 0 aliphatic carbocycles. The molecule has 1 aliphatic heterocycles. The molecule has 0 bridgehead atoms. The van der Waals surface area contributed by atoms with Crippen molar-refractivity contribution in [3.63, 3.8) is 0 Å². The van der Waals surface area contributed by atoms with E-state index >= 15 is 0 Å². The van der Waals surface area contributed by atoms with Crippen LogP contribution in [0.5, 0.6) is 0 Å². The molecule has 0 radical (unpaired) electrons. The molecule has 7 heteroatoms. The lowest BCUT2D eigenvalue weighted by Crippen LogP contribution is -2.53. The number of carbonyl (C=O) groups is 2. The van der Waals surface area contributed by atoms with Crippen molar-refractivity contribution in [2.75, 3.05) is 12.3 Å². The highest BCUT2D eigenvalue weighted by atomic mass is 32.2. The topological polar surface area (TPSA) is 84.6 Å². The van der Waals surface area contributed by atoms with E-state index in [1.807, 2.05) is 26.8 Å². The highest BCUT2D eigenvalue weighted by Crippen LogP contribution is 2.32. The number of hydrogen-bond donors (Lipinski definition) is 1. The number of nitriles is 1. The Morgan fingerprint density at radius 2 is 2.20 bits per heavy atom. The maximum absolute atomic E-state index is 12.6. The molecule has 0 aromatic carbocycles. The molecule has 1 rings (SSSR count). The van der Waals surface area contributed by atoms with E-state index in [-0.39, 0.29) is 23.9 Å². The first-order valence-electron chi connectivity index (χ1n) is 6.74. The number of urea groups is 1. The quantitative estimate of drug-likeness (QED) is 0.839. The van der Waals surface area contributed by atoms with E-state index in [0.29, 0.717) is 18.7 Å². The van der Waals surface area contributed by atoms with Crippen LogP contribution in [-0.4, -0.2) is 56.7 Å². The van der Waals surface area contributed by atoms with Crippen molar-refractivity contribution in [3.8, 4) is 6.07 Å². The van der Waals surface area contributed by atoms with Gasteiger partial charge in [-0.2, -0.15) is 5.26 Å². The van der Waals surface area contributed by atoms with Gasteiger partial charge in [0.25, 0.3) is 0 Å². The Bertz CT molecular complexity index is 408. The van der Waals surface area contributed by atoms with Gasteiger partial charge in [-0.25, -0.2) is 9.59 Å². The van der Waals surface area contributed by atoms with Gasteiger partial charge in [-0.1, -0.05) is 6.92 Å². The lowest BCUT2D eigenvalue weighted by Gasteiger charge is -2.35. The molecule has 1 heterocycles. The smallest absolute Gasteiger partial charge is 0.327 e. The first kappa shape index (κ1) is 16.6. The monoisotopic (exact) mass is 299 g/mol. The van der Waals surface area contributed by atoms with Crippen LogP contribution in [0.4, 0.5) is 4.79 Å². The van der Waals surface area contributed by atoms with Gasteiger partial charge in [0.2, 0.25) is 0 Å². The van der Waals surface area contributed by atoms with Crippen LogP contribution in [0.2, 0.25) is 0 Å². The number of thioether (sulfide) groups is 1. The third kappa shape index (κ3) is 3.57. The summed E-state index contributed by atoms with van der Waals surface area (Å²) in [5.41, 5.74) is 0. The minimum absolute atomic E-state index is 0.0617. The summed E-state index contributed by atoms with van der Waals surface area (Å²) in [6, 6.07) is 0.907. The maximum Gasteiger partial charge on any atom is 0.327 e. The van der Waals surface area contributed by atoms with Crippen molar-refractivity contribution >= 4 is 23.8 Å². The van der Waals surface area contributed by atoms with E-state index < -0.39 is 12.0 Å². The summed E-state index contributed by atoms with van der Waals surface area (Å²) >= 11 is 1.50. The lowest BCUT2D eigenvalue weighted by atomic mass is 10.2. The van der Waals surface area contributed by atoms with Crippen LogP contribution in [-0.2, 0) is 4.79 Å². The second kappa shape index (κ2) is 7.39. The summed E-state index contributed by atoms with van der Waals surface area (Å²) in [5.74, 6) is -0.546. The van der Waals surface area contributed by atoms with Gasteiger partial charge < -0.3 is 10.0 Å². The Hall–Kier alpha value is -1.42. The van der Waals surface area contributed by atoms with Gasteiger partial charge in [0.05, 0.1) is 17.9 Å². The van der Waals surface area contributed by atoms with Crippen LogP contribution in [0.15, 0.2) is 0 Å². The molecule has 2 amide bonds. The number of carboxylic acids is 1. The van der Waals surface area contributed by atoms with Crippen LogP contribution in [0.25, 0.3) is 0 Å². The molecular formula is C13H21N3O3S. The SMILES string of the molecule is CCC1SCC(C(=O)O)N1C(=O)N(CCC#N)C(C)C. The standard InChI is InChI=1S/C13H21N3O3S/c1-4-11-16(10(8-20-11)12(17)18)13(19)15(9(2)3)7-5-6-14/h9-11H,4-5,7-8H2,1-3H3,(H,17,18). The Kier molecular flexibility index (Phi) is 6.14. The summed E-state index contributed by atoms with van der Waals surface area (Å²) in [6.07, 6.45) is 0.962. The third-order valence-corrected chi connectivity index (χ3v) is 4.73. The molecule has 2 atom stereocenters. The van der Waals surface area contributed by atoms with Crippen molar-refractivity contribution in [2.45, 2.75) is 51.1 Å². The van der Waals surface area contributed by atoms with Gasteiger partial charge in [0, 0.05) is 18.3 Å². The minimum Gasteiger partial charge on any atom is -0.480 e. The fourth-order valence-corrected chi connectivity index (χ4v) is 3.56. The molecule has 1 saturated heterocycles. The van der Waals surface area contributed by atoms with Crippen molar-refractivity contribution in [1.82, 2.24) is 9.80 Å². The zero-order valence-electron chi connectivity index (χ0n) is 12.1. The molecule has 0 aromatic rings. The zero-order chi connectivity index (χ0) is 15.3. The molecule has 2 unspecified atom stereocenters. The van der Waals surface area contributed by atoms with Crippen LogP contribution >= 0.6 is 11.8 Å². The summed E-state index contributed by atoms with van der Waals surface area (Å²) in [7, 11) is 0. The zero-order valence-corrected chi connectivity index (χ0v) is 12.9. The van der Waals surface area contributed by atoms with Gasteiger partial charge in [0.15, 0.2) is 0 Å². The summed E-state index contributed by atoms with van der Waals surface area (Å²) in [5, 5.41) is 17.8. The predicted molar refractivity (Wildman–Crippen MR) is 77.3 cm³/mol. The van der Waals surface area contributed by atoms with Crippen LogP contribution in [0.1, 0.15) is 33.6 Å². The van der Waals surface area contributed by atoms with Crippen LogP contribution < -0.4 is 0 Å². The number of aliphatic carboxylic acids is 1. The van der Waals surface area contributed by atoms with E-state index in [9.17, 15) is 14.7 Å². The van der Waals surface area contributed by atoms with Crippen molar-refractivity contribution in [1.29, 1.82) is 5.26 Å². The van der Waals surface area contributed by atoms with Gasteiger partial charge in [-0.05, 0) is 20.3 Å². The molecule has 1 aliphatic rings. The van der Waals surface area contributed by atoms with Gasteiger partial charge in [-0.15, -0.1) is 11.8 Å². The number of carboxylic acid groups (broad SMARTS) is 1. The molecule has 112 valence electrons. The normalized spacial score (nSPS) is 21.9. The summed E-state index contributed by atoms with van der Waals surface area (Å²) in [6.45, 7) is 6.01. The van der Waals surface area contributed by atoms with Crippen molar-refractivity contribution in [3.05, 3.63) is 0 Å². The molecule has 20 heavy (non-hydrogen) atoms. The van der Waals surface area contributed by atoms with Gasteiger partial charge in [-0.3, -0.25) is 4.90 Å². The van der Waals surface area contributed by atoms with E-state index in [2.05, 4.69) is 0 Å². The van der Waals surface area contributed by atoms with E-state index in [0.717, 1.165) is 0 Å². The second-order valence-corrected chi connectivity index (χ2v) is 6.15. The van der Waals surface area contributed by atoms with E-state index in [4.69, 9.17) is 5.26 Å². The molecular weight excluding hydrogens is 278 g/mol. The molecule has 1 fully saturated rings. The molecule has 1 N–H and O–H groups in total. The summed E-state index contributed by atoms with van der Waals surface area (Å²) in [4.78, 5) is 27.0. The fourth-order valence-electron chi connectivity index (χ4n) is 2.22. The fraction of sp³-hybridized carbons (Fsp3) is 0.769. The average Bonchev–Trinajstić information content (AvgIpc) is 2.82. The summed E-state index contributed by atoms with van der Waals surface area (Å²) < 4.78 is 0. The molecule has 0 spiro atoms. The van der Waals surface area contributed by atoms with E-state index in [1.165, 1.54) is 16.7 Å². The minimum atomic E-state index is -0.967. The number of amides is 2. The van der Waals surface area contributed by atoms with Crippen LogP contribution in [0, 0.1) is 11.3 Å². The highest BCUT2D eigenvalue weighted by Gasteiger charge is 2.42. The Labute approximate surface area is 123 Å². The largest absolute Gasteiger partial charge is 0.480 e. The Morgan fingerprint density at radius 1 is 1.55 bits per heavy atom. The Balaban J connectivity index is 2.94. The lowest BCUT2D eigenvalue weighted by molar-refractivity contribution is -0.141. The maximum atomic E-state index is 12.6.